The Morgan fingerprint density at radius 3 is 2.55 bits per heavy atom. The Bertz CT molecular complexity index is 869. The smallest absolute Gasteiger partial charge is 0.262 e. The molecule has 0 heterocycles. The Kier molecular flexibility index (Phi) is 8.78. The predicted molar refractivity (Wildman–Crippen MR) is 115 cm³/mol. The van der Waals surface area contributed by atoms with Crippen LogP contribution in [0.25, 0.3) is 6.08 Å². The molecule has 152 valence electrons. The third-order valence-corrected chi connectivity index (χ3v) is 4.35. The Hall–Kier alpha value is -3.26. The van der Waals surface area contributed by atoms with Crippen LogP contribution in [0, 0.1) is 11.3 Å². The molecule has 1 atom stereocenters. The number of hydrogen-bond acceptors (Lipinski definition) is 4. The summed E-state index contributed by atoms with van der Waals surface area (Å²) in [6, 6.07) is 16.8. The molecule has 0 bridgehead atoms. The first-order valence-electron chi connectivity index (χ1n) is 9.96. The molecule has 0 aliphatic rings. The predicted octanol–water partition coefficient (Wildman–Crippen LogP) is 5.05. The van der Waals surface area contributed by atoms with Crippen molar-refractivity contribution < 1.29 is 14.3 Å². The van der Waals surface area contributed by atoms with E-state index in [2.05, 4.69) is 12.2 Å². The van der Waals surface area contributed by atoms with Crippen molar-refractivity contribution in [2.45, 2.75) is 39.7 Å². The van der Waals surface area contributed by atoms with Crippen molar-refractivity contribution in [2.24, 2.45) is 0 Å². The summed E-state index contributed by atoms with van der Waals surface area (Å²) in [5.74, 6) is 0.857. The quantitative estimate of drug-likeness (QED) is 0.349. The normalized spacial score (nSPS) is 12.0. The number of carbonyl (C=O) groups is 1. The van der Waals surface area contributed by atoms with Gasteiger partial charge in [-0.2, -0.15) is 5.26 Å². The minimum atomic E-state index is -0.412. The van der Waals surface area contributed by atoms with Gasteiger partial charge in [-0.1, -0.05) is 49.7 Å². The number of carbonyl (C=O) groups excluding carboxylic acids is 1. The Labute approximate surface area is 173 Å². The number of nitrogens with one attached hydrogen (secondary N) is 1. The van der Waals surface area contributed by atoms with Crippen LogP contribution in [-0.2, 0) is 4.79 Å². The topological polar surface area (TPSA) is 71.3 Å². The monoisotopic (exact) mass is 392 g/mol. The van der Waals surface area contributed by atoms with Crippen LogP contribution in [0.5, 0.6) is 11.5 Å². The summed E-state index contributed by atoms with van der Waals surface area (Å²) in [6.45, 7) is 7.01. The maximum atomic E-state index is 12.6. The van der Waals surface area contributed by atoms with Crippen molar-refractivity contribution in [1.29, 1.82) is 5.26 Å². The molecule has 29 heavy (non-hydrogen) atoms. The maximum absolute atomic E-state index is 12.6. The van der Waals surface area contributed by atoms with Crippen LogP contribution in [0.1, 0.15) is 50.8 Å². The van der Waals surface area contributed by atoms with Gasteiger partial charge in [0.25, 0.3) is 5.91 Å². The maximum Gasteiger partial charge on any atom is 0.262 e. The Morgan fingerprint density at radius 1 is 1.14 bits per heavy atom. The molecule has 0 spiro atoms. The van der Waals surface area contributed by atoms with Crippen molar-refractivity contribution in [3.05, 3.63) is 65.2 Å². The zero-order valence-corrected chi connectivity index (χ0v) is 17.3. The van der Waals surface area contributed by atoms with Crippen LogP contribution in [0.2, 0.25) is 0 Å². The molecule has 0 saturated carbocycles. The molecule has 0 aromatic heterocycles. The van der Waals surface area contributed by atoms with Crippen molar-refractivity contribution >= 4 is 12.0 Å². The molecular weight excluding hydrogens is 364 g/mol. The van der Waals surface area contributed by atoms with Gasteiger partial charge in [0.1, 0.15) is 11.6 Å². The van der Waals surface area contributed by atoms with E-state index < -0.39 is 5.91 Å². The van der Waals surface area contributed by atoms with Gasteiger partial charge < -0.3 is 14.8 Å². The van der Waals surface area contributed by atoms with Crippen LogP contribution >= 0.6 is 0 Å². The van der Waals surface area contributed by atoms with Crippen molar-refractivity contribution in [2.75, 3.05) is 13.2 Å². The van der Waals surface area contributed by atoms with Gasteiger partial charge in [-0.25, -0.2) is 0 Å². The SMILES string of the molecule is CCCCOc1ccc(/C=C(\C#N)C(=O)N[C@@H](C)c2ccccc2)cc1OCC. The van der Waals surface area contributed by atoms with E-state index in [1.165, 1.54) is 0 Å². The molecule has 0 fully saturated rings. The molecule has 0 aliphatic carbocycles. The van der Waals surface area contributed by atoms with Gasteiger partial charge in [-0.3, -0.25) is 4.79 Å². The number of nitrogens with zero attached hydrogens (tertiary/aromatic N) is 1. The van der Waals surface area contributed by atoms with E-state index in [9.17, 15) is 10.1 Å². The van der Waals surface area contributed by atoms with E-state index in [1.54, 1.807) is 12.1 Å². The number of rotatable bonds is 10. The summed E-state index contributed by atoms with van der Waals surface area (Å²) in [5, 5.41) is 12.3. The standard InChI is InChI=1S/C24H28N2O3/c1-4-6-14-29-22-13-12-19(16-23(22)28-5-2)15-21(17-25)24(27)26-18(3)20-10-8-7-9-11-20/h7-13,15-16,18H,4-6,14H2,1-3H3,(H,26,27)/b21-15+/t18-/m0/s1. The third-order valence-electron chi connectivity index (χ3n) is 4.35. The first kappa shape index (κ1) is 22.0. The molecule has 2 aromatic carbocycles. The highest BCUT2D eigenvalue weighted by atomic mass is 16.5. The number of amides is 1. The molecule has 1 N–H and O–H groups in total. The lowest BCUT2D eigenvalue weighted by atomic mass is 10.1. The lowest BCUT2D eigenvalue weighted by molar-refractivity contribution is -0.117. The van der Waals surface area contributed by atoms with E-state index in [0.717, 1.165) is 18.4 Å². The van der Waals surface area contributed by atoms with Crippen LogP contribution < -0.4 is 14.8 Å². The molecule has 2 aromatic rings. The molecule has 5 heteroatoms. The lowest BCUT2D eigenvalue weighted by Gasteiger charge is -2.14. The van der Waals surface area contributed by atoms with E-state index in [4.69, 9.17) is 9.47 Å². The first-order valence-corrected chi connectivity index (χ1v) is 9.96. The van der Waals surface area contributed by atoms with Gasteiger partial charge in [0.15, 0.2) is 11.5 Å². The lowest BCUT2D eigenvalue weighted by Crippen LogP contribution is -2.27. The highest BCUT2D eigenvalue weighted by Crippen LogP contribution is 2.29. The molecule has 1 amide bonds. The van der Waals surface area contributed by atoms with Gasteiger partial charge in [0.05, 0.1) is 19.3 Å². The van der Waals surface area contributed by atoms with Crippen LogP contribution in [0.4, 0.5) is 0 Å². The van der Waals surface area contributed by atoms with Crippen LogP contribution in [-0.4, -0.2) is 19.1 Å². The average Bonchev–Trinajstić information content (AvgIpc) is 2.74. The molecule has 0 saturated heterocycles. The molecule has 0 unspecified atom stereocenters. The second kappa shape index (κ2) is 11.6. The summed E-state index contributed by atoms with van der Waals surface area (Å²) in [6.07, 6.45) is 3.57. The van der Waals surface area contributed by atoms with Gasteiger partial charge in [-0.15, -0.1) is 0 Å². The molecular formula is C24H28N2O3. The number of nitriles is 1. The van der Waals surface area contributed by atoms with Gasteiger partial charge in [-0.05, 0) is 49.6 Å². The highest BCUT2D eigenvalue weighted by molar-refractivity contribution is 6.01. The van der Waals surface area contributed by atoms with Gasteiger partial charge in [0.2, 0.25) is 0 Å². The fraction of sp³-hybridized carbons (Fsp3) is 0.333. The fourth-order valence-corrected chi connectivity index (χ4v) is 2.74. The molecule has 0 radical (unpaired) electrons. The zero-order chi connectivity index (χ0) is 21.1. The van der Waals surface area contributed by atoms with E-state index >= 15 is 0 Å². The number of hydrogen-bond donors (Lipinski definition) is 1. The summed E-state index contributed by atoms with van der Waals surface area (Å²) in [5.41, 5.74) is 1.72. The van der Waals surface area contributed by atoms with Crippen molar-refractivity contribution in [3.63, 3.8) is 0 Å². The summed E-state index contributed by atoms with van der Waals surface area (Å²) in [7, 11) is 0. The second-order valence-corrected chi connectivity index (χ2v) is 6.62. The Balaban J connectivity index is 2.17. The second-order valence-electron chi connectivity index (χ2n) is 6.62. The van der Waals surface area contributed by atoms with Gasteiger partial charge in [0, 0.05) is 0 Å². The summed E-state index contributed by atoms with van der Waals surface area (Å²) >= 11 is 0. The number of ether oxygens (including phenoxy) is 2. The average molecular weight is 392 g/mol. The number of unbranched alkanes of at least 4 members (excludes halogenated alkanes) is 1. The summed E-state index contributed by atoms with van der Waals surface area (Å²) in [4.78, 5) is 12.6. The molecule has 5 nitrogen and oxygen atoms in total. The first-order chi connectivity index (χ1) is 14.1. The molecule has 0 aliphatic heterocycles. The zero-order valence-electron chi connectivity index (χ0n) is 17.3. The van der Waals surface area contributed by atoms with Crippen LogP contribution in [0.3, 0.4) is 0 Å². The van der Waals surface area contributed by atoms with Crippen molar-refractivity contribution in [1.82, 2.24) is 5.32 Å². The van der Waals surface area contributed by atoms with Gasteiger partial charge >= 0.3 is 0 Å². The fourth-order valence-electron chi connectivity index (χ4n) is 2.74. The van der Waals surface area contributed by atoms with E-state index in [-0.39, 0.29) is 11.6 Å². The summed E-state index contributed by atoms with van der Waals surface area (Å²) < 4.78 is 11.4. The largest absolute Gasteiger partial charge is 0.490 e. The minimum absolute atomic E-state index is 0.0369. The van der Waals surface area contributed by atoms with E-state index in [0.29, 0.717) is 30.3 Å². The van der Waals surface area contributed by atoms with Crippen LogP contribution in [0.15, 0.2) is 54.1 Å². The van der Waals surface area contributed by atoms with Crippen molar-refractivity contribution in [3.8, 4) is 17.6 Å². The number of benzene rings is 2. The minimum Gasteiger partial charge on any atom is -0.490 e. The van der Waals surface area contributed by atoms with E-state index in [1.807, 2.05) is 62.4 Å². The Morgan fingerprint density at radius 2 is 1.90 bits per heavy atom. The highest BCUT2D eigenvalue weighted by Gasteiger charge is 2.14. The third kappa shape index (κ3) is 6.69. The molecule has 2 rings (SSSR count).